The van der Waals surface area contributed by atoms with Gasteiger partial charge < -0.3 is 4.74 Å². The van der Waals surface area contributed by atoms with Crippen LogP contribution in [0.25, 0.3) is 0 Å². The van der Waals surface area contributed by atoms with E-state index in [0.717, 1.165) is 44.9 Å². The summed E-state index contributed by atoms with van der Waals surface area (Å²) in [7, 11) is 0. The molecule has 2 fully saturated rings. The van der Waals surface area contributed by atoms with E-state index in [9.17, 15) is 9.59 Å². The molecule has 2 saturated carbocycles. The summed E-state index contributed by atoms with van der Waals surface area (Å²) in [6, 6.07) is 0. The van der Waals surface area contributed by atoms with E-state index in [-0.39, 0.29) is 39.7 Å². The van der Waals surface area contributed by atoms with Crippen LogP contribution in [0.5, 0.6) is 0 Å². The summed E-state index contributed by atoms with van der Waals surface area (Å²) < 4.78 is 5.86. The molecule has 0 radical (unpaired) electrons. The molecule has 4 rings (SSSR count). The van der Waals surface area contributed by atoms with Crippen LogP contribution in [0.1, 0.15) is 114 Å². The maximum Gasteiger partial charge on any atom is 0.302 e. The molecule has 4 aliphatic carbocycles. The van der Waals surface area contributed by atoms with E-state index in [4.69, 9.17) is 4.74 Å². The highest BCUT2D eigenvalue weighted by Gasteiger charge is 2.65. The van der Waals surface area contributed by atoms with E-state index in [1.54, 1.807) is 18.1 Å². The van der Waals surface area contributed by atoms with Gasteiger partial charge in [-0.15, -0.1) is 0 Å². The first-order valence-corrected chi connectivity index (χ1v) is 15.3. The predicted octanol–water partition coefficient (Wildman–Crippen LogP) is 8.89. The fourth-order valence-corrected chi connectivity index (χ4v) is 10.0. The van der Waals surface area contributed by atoms with E-state index >= 15 is 0 Å². The molecule has 1 unspecified atom stereocenters. The van der Waals surface area contributed by atoms with Gasteiger partial charge in [0.05, 0.1) is 0 Å². The average Bonchev–Trinajstić information content (AvgIpc) is 3.01. The van der Waals surface area contributed by atoms with Crippen LogP contribution in [0.4, 0.5) is 0 Å². The number of hydrogen-bond donors (Lipinski definition) is 0. The Balaban J connectivity index is 1.70. The number of esters is 1. The van der Waals surface area contributed by atoms with E-state index < -0.39 is 0 Å². The number of allylic oxidation sites excluding steroid dienone is 5. The standard InChI is InChI=1S/C35H54O3/c1-21(2)22(3)12-13-26(24(5)36)31-23(4)20-35(11)28-14-15-29-32(7,8)30(38-25(6)37)17-18-33(29,9)27(28)16-19-34(31,35)10/h14,16,21,23,26,29-31H,3,12-13,15,17-20H2,1-2,4-11H3/t23-,26+,29?,30+,31-,33-,34-,35+/m1/s1. The fourth-order valence-electron chi connectivity index (χ4n) is 10.0. The van der Waals surface area contributed by atoms with Crippen molar-refractivity contribution in [3.05, 3.63) is 35.5 Å². The lowest BCUT2D eigenvalue weighted by Crippen LogP contribution is -2.55. The zero-order valence-corrected chi connectivity index (χ0v) is 26.0. The molecule has 212 valence electrons. The molecule has 3 heteroatoms. The molecule has 0 aliphatic heterocycles. The van der Waals surface area contributed by atoms with Gasteiger partial charge in [-0.2, -0.15) is 0 Å². The third-order valence-electron chi connectivity index (χ3n) is 12.4. The van der Waals surface area contributed by atoms with Gasteiger partial charge in [0.1, 0.15) is 11.9 Å². The van der Waals surface area contributed by atoms with Crippen molar-refractivity contribution in [2.45, 2.75) is 120 Å². The highest BCUT2D eigenvalue weighted by atomic mass is 16.5. The van der Waals surface area contributed by atoms with Crippen LogP contribution in [-0.4, -0.2) is 17.9 Å². The molecular weight excluding hydrogens is 468 g/mol. The molecule has 0 heterocycles. The predicted molar refractivity (Wildman–Crippen MR) is 156 cm³/mol. The minimum atomic E-state index is -0.165. The van der Waals surface area contributed by atoms with Gasteiger partial charge in [-0.3, -0.25) is 9.59 Å². The van der Waals surface area contributed by atoms with Crippen LogP contribution in [0.3, 0.4) is 0 Å². The molecule has 0 aromatic carbocycles. The van der Waals surface area contributed by atoms with E-state index in [0.29, 0.717) is 29.5 Å². The Morgan fingerprint density at radius 1 is 1.08 bits per heavy atom. The fraction of sp³-hybridized carbons (Fsp3) is 0.771. The van der Waals surface area contributed by atoms with E-state index in [2.05, 4.69) is 74.1 Å². The Hall–Kier alpha value is -1.64. The van der Waals surface area contributed by atoms with Crippen LogP contribution in [0.2, 0.25) is 0 Å². The lowest BCUT2D eigenvalue weighted by molar-refractivity contribution is -0.165. The third kappa shape index (κ3) is 4.29. The van der Waals surface area contributed by atoms with Crippen molar-refractivity contribution < 1.29 is 14.3 Å². The molecule has 8 atom stereocenters. The van der Waals surface area contributed by atoms with Crippen LogP contribution in [0, 0.1) is 51.2 Å². The second-order valence-corrected chi connectivity index (χ2v) is 15.1. The number of carbonyl (C=O) groups excluding carboxylic acids is 2. The molecular formula is C35H54O3. The first-order chi connectivity index (χ1) is 17.5. The van der Waals surface area contributed by atoms with E-state index in [1.807, 2.05) is 6.92 Å². The van der Waals surface area contributed by atoms with Gasteiger partial charge in [-0.1, -0.05) is 79.7 Å². The molecule has 4 aliphatic rings. The van der Waals surface area contributed by atoms with Crippen molar-refractivity contribution in [3.63, 3.8) is 0 Å². The zero-order chi connectivity index (χ0) is 28.4. The van der Waals surface area contributed by atoms with Crippen molar-refractivity contribution in [2.24, 2.45) is 51.2 Å². The Bertz CT molecular complexity index is 1060. The van der Waals surface area contributed by atoms with Crippen LogP contribution in [0.15, 0.2) is 35.5 Å². The molecule has 0 amide bonds. The highest BCUT2D eigenvalue weighted by Crippen LogP contribution is 2.73. The van der Waals surface area contributed by atoms with Gasteiger partial charge in [0.25, 0.3) is 0 Å². The minimum absolute atomic E-state index is 0.0223. The van der Waals surface area contributed by atoms with Gasteiger partial charge in [-0.25, -0.2) is 0 Å². The van der Waals surface area contributed by atoms with E-state index in [1.165, 1.54) is 5.57 Å². The van der Waals surface area contributed by atoms with Crippen LogP contribution < -0.4 is 0 Å². The lowest BCUT2D eigenvalue weighted by Gasteiger charge is -2.61. The Labute approximate surface area is 232 Å². The van der Waals surface area contributed by atoms with Gasteiger partial charge in [0, 0.05) is 18.3 Å². The summed E-state index contributed by atoms with van der Waals surface area (Å²) in [6.45, 7) is 26.6. The van der Waals surface area contributed by atoms with Crippen molar-refractivity contribution in [1.29, 1.82) is 0 Å². The maximum atomic E-state index is 13.2. The van der Waals surface area contributed by atoms with Crippen molar-refractivity contribution in [2.75, 3.05) is 0 Å². The number of hydrogen-bond acceptors (Lipinski definition) is 3. The van der Waals surface area contributed by atoms with Gasteiger partial charge in [-0.05, 0) is 103 Å². The van der Waals surface area contributed by atoms with Crippen LogP contribution >= 0.6 is 0 Å². The van der Waals surface area contributed by atoms with Crippen molar-refractivity contribution in [3.8, 4) is 0 Å². The summed E-state index contributed by atoms with van der Waals surface area (Å²) in [4.78, 5) is 25.1. The molecule has 0 spiro atoms. The molecule has 0 aromatic heterocycles. The quantitative estimate of drug-likeness (QED) is 0.248. The number of ketones is 1. The lowest BCUT2D eigenvalue weighted by atomic mass is 9.44. The smallest absolute Gasteiger partial charge is 0.302 e. The molecule has 38 heavy (non-hydrogen) atoms. The van der Waals surface area contributed by atoms with Crippen molar-refractivity contribution in [1.82, 2.24) is 0 Å². The summed E-state index contributed by atoms with van der Waals surface area (Å²) >= 11 is 0. The topological polar surface area (TPSA) is 43.4 Å². The maximum absolute atomic E-state index is 13.2. The Morgan fingerprint density at radius 2 is 1.74 bits per heavy atom. The highest BCUT2D eigenvalue weighted by molar-refractivity contribution is 5.79. The van der Waals surface area contributed by atoms with Gasteiger partial charge >= 0.3 is 5.97 Å². The second-order valence-electron chi connectivity index (χ2n) is 15.1. The molecule has 3 nitrogen and oxygen atoms in total. The van der Waals surface area contributed by atoms with Gasteiger partial charge in [0.15, 0.2) is 0 Å². The molecule has 0 saturated heterocycles. The number of carbonyl (C=O) groups is 2. The number of ether oxygens (including phenoxy) is 1. The zero-order valence-electron chi connectivity index (χ0n) is 26.0. The van der Waals surface area contributed by atoms with Crippen LogP contribution in [-0.2, 0) is 14.3 Å². The summed E-state index contributed by atoms with van der Waals surface area (Å²) in [5.74, 6) is 2.07. The third-order valence-corrected chi connectivity index (χ3v) is 12.4. The minimum Gasteiger partial charge on any atom is -0.462 e. The largest absolute Gasteiger partial charge is 0.462 e. The number of Topliss-reactive ketones (excluding diaryl/α,β-unsaturated/α-hetero) is 1. The monoisotopic (exact) mass is 522 g/mol. The molecule has 0 N–H and O–H groups in total. The summed E-state index contributed by atoms with van der Waals surface area (Å²) in [5, 5.41) is 0. The Kier molecular flexibility index (Phi) is 7.55. The Morgan fingerprint density at radius 3 is 2.32 bits per heavy atom. The number of fused-ring (bicyclic) bond motifs is 5. The normalized spacial score (nSPS) is 40.3. The first kappa shape index (κ1) is 29.3. The SMILES string of the molecule is C=C(CC[C@@H](C(C)=O)[C@H]1[C@H](C)C[C@@]2(C)C3=CCC4C(C)(C)[C@@H](OC(C)=O)CC[C@]4(C)C3=CC[C@]12C)C(C)C. The second kappa shape index (κ2) is 9.77. The summed E-state index contributed by atoms with van der Waals surface area (Å²) in [5.41, 5.74) is 4.53. The summed E-state index contributed by atoms with van der Waals surface area (Å²) in [6.07, 6.45) is 12.2. The van der Waals surface area contributed by atoms with Crippen molar-refractivity contribution >= 4 is 11.8 Å². The van der Waals surface area contributed by atoms with Gasteiger partial charge in [0.2, 0.25) is 0 Å². The molecule has 0 bridgehead atoms. The number of rotatable bonds is 7. The molecule has 0 aromatic rings. The average molecular weight is 523 g/mol. The first-order valence-electron chi connectivity index (χ1n) is 15.3.